The van der Waals surface area contributed by atoms with Gasteiger partial charge in [-0.3, -0.25) is 0 Å². The summed E-state index contributed by atoms with van der Waals surface area (Å²) in [4.78, 5) is 0. The largest absolute Gasteiger partial charge is 0.381 e. The third-order valence-electron chi connectivity index (χ3n) is 5.52. The number of likely N-dealkylation sites (N-methyl/N-ethyl adjacent to an activating group) is 1. The van der Waals surface area contributed by atoms with Crippen LogP contribution >= 0.6 is 0 Å². The van der Waals surface area contributed by atoms with Gasteiger partial charge >= 0.3 is 0 Å². The average Bonchev–Trinajstić information content (AvgIpc) is 2.49. The van der Waals surface area contributed by atoms with Crippen LogP contribution in [-0.4, -0.2) is 38.5 Å². The van der Waals surface area contributed by atoms with Gasteiger partial charge in [0.05, 0.1) is 5.60 Å². The minimum absolute atomic E-state index is 0.00203. The molecule has 1 heterocycles. The molecule has 2 aliphatic rings. The van der Waals surface area contributed by atoms with Gasteiger partial charge in [0.1, 0.15) is 0 Å². The Morgan fingerprint density at radius 3 is 2.60 bits per heavy atom. The Balaban J connectivity index is 2.10. The molecular formula is C17H33NO2. The summed E-state index contributed by atoms with van der Waals surface area (Å²) in [6.07, 6.45) is 8.96. The minimum Gasteiger partial charge on any atom is -0.381 e. The van der Waals surface area contributed by atoms with E-state index >= 15 is 0 Å². The Morgan fingerprint density at radius 1 is 1.25 bits per heavy atom. The SMILES string of the molecule is CCOC1(C(NC)C2CCCC(CC)C2)CCOCC1. The Hall–Kier alpha value is -0.120. The van der Waals surface area contributed by atoms with Crippen molar-refractivity contribution in [1.29, 1.82) is 0 Å². The first-order chi connectivity index (χ1) is 9.75. The molecule has 3 nitrogen and oxygen atoms in total. The maximum absolute atomic E-state index is 6.30. The van der Waals surface area contributed by atoms with Gasteiger partial charge in [-0.05, 0) is 38.6 Å². The monoisotopic (exact) mass is 283 g/mol. The molecule has 1 aliphatic heterocycles. The molecule has 0 aromatic heterocycles. The lowest BCUT2D eigenvalue weighted by Gasteiger charge is -2.48. The molecule has 0 aromatic rings. The lowest BCUT2D eigenvalue weighted by molar-refractivity contribution is -0.138. The molecule has 0 bridgehead atoms. The molecule has 1 saturated carbocycles. The van der Waals surface area contributed by atoms with Gasteiger partial charge in [0.2, 0.25) is 0 Å². The molecule has 3 unspecified atom stereocenters. The maximum atomic E-state index is 6.30. The van der Waals surface area contributed by atoms with Crippen LogP contribution in [0.5, 0.6) is 0 Å². The van der Waals surface area contributed by atoms with Crippen LogP contribution in [-0.2, 0) is 9.47 Å². The number of ether oxygens (including phenoxy) is 2. The van der Waals surface area contributed by atoms with Crippen molar-refractivity contribution in [3.8, 4) is 0 Å². The molecule has 20 heavy (non-hydrogen) atoms. The second-order valence-electron chi connectivity index (χ2n) is 6.58. The highest BCUT2D eigenvalue weighted by molar-refractivity contribution is 4.99. The van der Waals surface area contributed by atoms with Crippen LogP contribution in [0.1, 0.15) is 58.8 Å². The lowest BCUT2D eigenvalue weighted by Crippen LogP contribution is -2.58. The first kappa shape index (κ1) is 16.3. The second-order valence-corrected chi connectivity index (χ2v) is 6.58. The van der Waals surface area contributed by atoms with Crippen molar-refractivity contribution < 1.29 is 9.47 Å². The quantitative estimate of drug-likeness (QED) is 0.810. The first-order valence-electron chi connectivity index (χ1n) is 8.64. The zero-order valence-electron chi connectivity index (χ0n) is 13.6. The van der Waals surface area contributed by atoms with Crippen LogP contribution in [0.4, 0.5) is 0 Å². The van der Waals surface area contributed by atoms with E-state index in [1.54, 1.807) is 0 Å². The standard InChI is InChI=1S/C17H33NO2/c1-4-14-7-6-8-15(13-14)16(18-3)17(20-5-2)9-11-19-12-10-17/h14-16,18H,4-13H2,1-3H3. The third-order valence-corrected chi connectivity index (χ3v) is 5.52. The topological polar surface area (TPSA) is 30.5 Å². The molecule has 3 atom stereocenters. The van der Waals surface area contributed by atoms with Crippen molar-refractivity contribution >= 4 is 0 Å². The fourth-order valence-electron chi connectivity index (χ4n) is 4.48. The zero-order chi connectivity index (χ0) is 14.4. The van der Waals surface area contributed by atoms with Crippen molar-refractivity contribution in [2.45, 2.75) is 70.4 Å². The number of nitrogens with one attached hydrogen (secondary N) is 1. The van der Waals surface area contributed by atoms with Crippen LogP contribution in [0.3, 0.4) is 0 Å². The van der Waals surface area contributed by atoms with Crippen molar-refractivity contribution in [3.63, 3.8) is 0 Å². The van der Waals surface area contributed by atoms with E-state index < -0.39 is 0 Å². The number of hydrogen-bond donors (Lipinski definition) is 1. The van der Waals surface area contributed by atoms with Gasteiger partial charge in [0.25, 0.3) is 0 Å². The summed E-state index contributed by atoms with van der Waals surface area (Å²) in [5, 5.41) is 3.63. The molecule has 2 fully saturated rings. The number of rotatable bonds is 6. The van der Waals surface area contributed by atoms with Gasteiger partial charge in [-0.15, -0.1) is 0 Å². The smallest absolute Gasteiger partial charge is 0.0880 e. The summed E-state index contributed by atoms with van der Waals surface area (Å²) in [7, 11) is 2.12. The molecule has 0 amide bonds. The van der Waals surface area contributed by atoms with E-state index in [0.29, 0.717) is 6.04 Å². The summed E-state index contributed by atoms with van der Waals surface area (Å²) in [5.41, 5.74) is 0.00203. The van der Waals surface area contributed by atoms with E-state index in [0.717, 1.165) is 44.5 Å². The Bertz CT molecular complexity index is 271. The minimum atomic E-state index is 0.00203. The molecule has 118 valence electrons. The Morgan fingerprint density at radius 2 is 2.00 bits per heavy atom. The van der Waals surface area contributed by atoms with E-state index in [1.165, 1.54) is 32.1 Å². The van der Waals surface area contributed by atoms with E-state index in [-0.39, 0.29) is 5.60 Å². The molecule has 1 N–H and O–H groups in total. The molecule has 0 radical (unpaired) electrons. The number of hydrogen-bond acceptors (Lipinski definition) is 3. The molecule has 3 heteroatoms. The fraction of sp³-hybridized carbons (Fsp3) is 1.00. The van der Waals surface area contributed by atoms with Gasteiger partial charge < -0.3 is 14.8 Å². The van der Waals surface area contributed by atoms with E-state index in [9.17, 15) is 0 Å². The molecular weight excluding hydrogens is 250 g/mol. The van der Waals surface area contributed by atoms with Crippen molar-refractivity contribution in [3.05, 3.63) is 0 Å². The molecule has 2 rings (SSSR count). The van der Waals surface area contributed by atoms with Crippen LogP contribution in [0.2, 0.25) is 0 Å². The van der Waals surface area contributed by atoms with E-state index in [2.05, 4.69) is 26.2 Å². The van der Waals surface area contributed by atoms with E-state index in [1.807, 2.05) is 0 Å². The highest BCUT2D eigenvalue weighted by Gasteiger charge is 2.45. The van der Waals surface area contributed by atoms with Gasteiger partial charge in [0, 0.05) is 38.7 Å². The molecule has 0 aromatic carbocycles. The summed E-state index contributed by atoms with van der Waals surface area (Å²) in [5.74, 6) is 1.69. The first-order valence-corrected chi connectivity index (χ1v) is 8.64. The summed E-state index contributed by atoms with van der Waals surface area (Å²) in [6, 6.07) is 0.487. The average molecular weight is 283 g/mol. The maximum Gasteiger partial charge on any atom is 0.0880 e. The lowest BCUT2D eigenvalue weighted by atomic mass is 9.70. The predicted molar refractivity (Wildman–Crippen MR) is 83.0 cm³/mol. The van der Waals surface area contributed by atoms with E-state index in [4.69, 9.17) is 9.47 Å². The van der Waals surface area contributed by atoms with Gasteiger partial charge in [0.15, 0.2) is 0 Å². The highest BCUT2D eigenvalue weighted by atomic mass is 16.5. The van der Waals surface area contributed by atoms with Crippen LogP contribution in [0.25, 0.3) is 0 Å². The summed E-state index contributed by atoms with van der Waals surface area (Å²) < 4.78 is 11.9. The van der Waals surface area contributed by atoms with Crippen LogP contribution in [0.15, 0.2) is 0 Å². The summed E-state index contributed by atoms with van der Waals surface area (Å²) >= 11 is 0. The molecule has 0 spiro atoms. The Labute approximate surface area is 124 Å². The van der Waals surface area contributed by atoms with Gasteiger partial charge in [-0.1, -0.05) is 26.2 Å². The zero-order valence-corrected chi connectivity index (χ0v) is 13.6. The normalized spacial score (nSPS) is 31.9. The van der Waals surface area contributed by atoms with Crippen molar-refractivity contribution in [1.82, 2.24) is 5.32 Å². The molecule has 1 saturated heterocycles. The van der Waals surface area contributed by atoms with Gasteiger partial charge in [-0.2, -0.15) is 0 Å². The van der Waals surface area contributed by atoms with Gasteiger partial charge in [-0.25, -0.2) is 0 Å². The van der Waals surface area contributed by atoms with Crippen molar-refractivity contribution in [2.24, 2.45) is 11.8 Å². The van der Waals surface area contributed by atoms with Crippen LogP contribution in [0, 0.1) is 11.8 Å². The van der Waals surface area contributed by atoms with Crippen LogP contribution < -0.4 is 5.32 Å². The Kier molecular flexibility index (Phi) is 6.31. The predicted octanol–water partition coefficient (Wildman–Crippen LogP) is 3.38. The fourth-order valence-corrected chi connectivity index (χ4v) is 4.48. The summed E-state index contributed by atoms with van der Waals surface area (Å²) in [6.45, 7) is 6.97. The third kappa shape index (κ3) is 3.55. The second kappa shape index (κ2) is 7.77. The highest BCUT2D eigenvalue weighted by Crippen LogP contribution is 2.40. The molecule has 1 aliphatic carbocycles. The van der Waals surface area contributed by atoms with Crippen molar-refractivity contribution in [2.75, 3.05) is 26.9 Å².